The number of hydrogen-bond acceptors (Lipinski definition) is 4. The standard InChI is InChI=1S/C26H22N2O3/c1-30-24-16-15-20-11-5-6-12-21(20)23(24)17-27-28-26(29)18-31-25-14-8-7-13-22(25)19-9-3-2-4-10-19/h2-17H,18H2,1H3,(H,28,29)/b27-17-. The van der Waals surface area contributed by atoms with Gasteiger partial charge in [0.05, 0.1) is 13.3 Å². The number of carbonyl (C=O) groups excluding carboxylic acids is 1. The predicted octanol–water partition coefficient (Wildman–Crippen LogP) is 5.04. The molecule has 0 aliphatic rings. The second-order valence-electron chi connectivity index (χ2n) is 6.85. The van der Waals surface area contributed by atoms with Gasteiger partial charge in [0.25, 0.3) is 5.91 Å². The van der Waals surface area contributed by atoms with Crippen LogP contribution in [0.4, 0.5) is 0 Å². The van der Waals surface area contributed by atoms with Crippen LogP contribution in [0.15, 0.2) is 96.1 Å². The van der Waals surface area contributed by atoms with E-state index in [0.29, 0.717) is 11.5 Å². The van der Waals surface area contributed by atoms with E-state index in [1.165, 1.54) is 0 Å². The van der Waals surface area contributed by atoms with Gasteiger partial charge >= 0.3 is 0 Å². The van der Waals surface area contributed by atoms with Crippen LogP contribution in [0.5, 0.6) is 11.5 Å². The lowest BCUT2D eigenvalue weighted by Crippen LogP contribution is -2.24. The van der Waals surface area contributed by atoms with Crippen LogP contribution in [0.2, 0.25) is 0 Å². The molecule has 0 heterocycles. The Bertz CT molecular complexity index is 1220. The largest absolute Gasteiger partial charge is 0.496 e. The summed E-state index contributed by atoms with van der Waals surface area (Å²) in [6.45, 7) is -0.145. The third-order valence-electron chi connectivity index (χ3n) is 4.86. The first-order valence-electron chi connectivity index (χ1n) is 9.91. The van der Waals surface area contributed by atoms with Gasteiger partial charge in [-0.3, -0.25) is 4.79 Å². The molecule has 0 aliphatic heterocycles. The van der Waals surface area contributed by atoms with Crippen molar-refractivity contribution in [1.29, 1.82) is 0 Å². The highest BCUT2D eigenvalue weighted by Gasteiger charge is 2.09. The lowest BCUT2D eigenvalue weighted by Gasteiger charge is -2.11. The van der Waals surface area contributed by atoms with E-state index in [4.69, 9.17) is 9.47 Å². The fraction of sp³-hybridized carbons (Fsp3) is 0.0769. The third-order valence-corrected chi connectivity index (χ3v) is 4.86. The van der Waals surface area contributed by atoms with Crippen LogP contribution < -0.4 is 14.9 Å². The van der Waals surface area contributed by atoms with E-state index >= 15 is 0 Å². The molecule has 0 spiro atoms. The molecule has 1 N–H and O–H groups in total. The van der Waals surface area contributed by atoms with Crippen LogP contribution in [0.25, 0.3) is 21.9 Å². The van der Waals surface area contributed by atoms with Gasteiger partial charge in [-0.25, -0.2) is 5.43 Å². The van der Waals surface area contributed by atoms with Gasteiger partial charge in [-0.15, -0.1) is 0 Å². The first-order valence-corrected chi connectivity index (χ1v) is 9.91. The van der Waals surface area contributed by atoms with Crippen LogP contribution in [0.1, 0.15) is 5.56 Å². The molecule has 5 nitrogen and oxygen atoms in total. The highest BCUT2D eigenvalue weighted by atomic mass is 16.5. The van der Waals surface area contributed by atoms with E-state index in [-0.39, 0.29) is 12.5 Å². The molecular weight excluding hydrogens is 388 g/mol. The SMILES string of the molecule is COc1ccc2ccccc2c1/C=N\NC(=O)COc1ccccc1-c1ccccc1. The Labute approximate surface area is 180 Å². The lowest BCUT2D eigenvalue weighted by atomic mass is 10.0. The number of amides is 1. The first-order chi connectivity index (χ1) is 15.3. The monoisotopic (exact) mass is 410 g/mol. The van der Waals surface area contributed by atoms with Gasteiger partial charge in [-0.05, 0) is 28.5 Å². The van der Waals surface area contributed by atoms with Crippen LogP contribution >= 0.6 is 0 Å². The van der Waals surface area contributed by atoms with E-state index in [2.05, 4.69) is 10.5 Å². The van der Waals surface area contributed by atoms with Crippen LogP contribution in [0, 0.1) is 0 Å². The van der Waals surface area contributed by atoms with Gasteiger partial charge in [-0.2, -0.15) is 5.10 Å². The van der Waals surface area contributed by atoms with Crippen molar-refractivity contribution in [3.8, 4) is 22.6 Å². The molecule has 4 rings (SSSR count). The molecule has 0 aromatic heterocycles. The van der Waals surface area contributed by atoms with E-state index in [1.54, 1.807) is 13.3 Å². The molecule has 0 aliphatic carbocycles. The number of ether oxygens (including phenoxy) is 2. The quantitative estimate of drug-likeness (QED) is 0.343. The molecule has 4 aromatic rings. The van der Waals surface area contributed by atoms with Crippen LogP contribution in [-0.4, -0.2) is 25.8 Å². The topological polar surface area (TPSA) is 59.9 Å². The maximum atomic E-state index is 12.3. The van der Waals surface area contributed by atoms with Gasteiger partial charge in [-0.1, -0.05) is 78.9 Å². The fourth-order valence-corrected chi connectivity index (χ4v) is 3.38. The average molecular weight is 410 g/mol. The summed E-state index contributed by atoms with van der Waals surface area (Å²) in [7, 11) is 1.61. The van der Waals surface area contributed by atoms with Gasteiger partial charge in [0, 0.05) is 11.1 Å². The zero-order chi connectivity index (χ0) is 21.5. The Hall–Kier alpha value is -4.12. The third kappa shape index (κ3) is 4.73. The summed E-state index contributed by atoms with van der Waals surface area (Å²) in [4.78, 5) is 12.3. The highest BCUT2D eigenvalue weighted by molar-refractivity contribution is 6.02. The average Bonchev–Trinajstić information content (AvgIpc) is 2.83. The van der Waals surface area contributed by atoms with E-state index in [9.17, 15) is 4.79 Å². The molecule has 0 saturated heterocycles. The number of rotatable bonds is 7. The van der Waals surface area contributed by atoms with Crippen molar-refractivity contribution in [3.05, 3.63) is 96.6 Å². The summed E-state index contributed by atoms with van der Waals surface area (Å²) < 4.78 is 11.2. The Morgan fingerprint density at radius 3 is 2.45 bits per heavy atom. The Balaban J connectivity index is 1.44. The van der Waals surface area contributed by atoms with Gasteiger partial charge in [0.15, 0.2) is 6.61 Å². The predicted molar refractivity (Wildman–Crippen MR) is 124 cm³/mol. The van der Waals surface area contributed by atoms with Crippen molar-refractivity contribution in [2.75, 3.05) is 13.7 Å². The Kier molecular flexibility index (Phi) is 6.24. The molecule has 4 aromatic carbocycles. The number of methoxy groups -OCH3 is 1. The molecule has 31 heavy (non-hydrogen) atoms. The maximum Gasteiger partial charge on any atom is 0.277 e. The number of carbonyl (C=O) groups is 1. The van der Waals surface area contributed by atoms with Crippen molar-refractivity contribution in [1.82, 2.24) is 5.43 Å². The smallest absolute Gasteiger partial charge is 0.277 e. The summed E-state index contributed by atoms with van der Waals surface area (Å²) in [5.41, 5.74) is 5.29. The number of nitrogens with zero attached hydrogens (tertiary/aromatic N) is 1. The van der Waals surface area contributed by atoms with E-state index in [0.717, 1.165) is 27.5 Å². The van der Waals surface area contributed by atoms with Crippen molar-refractivity contribution in [2.45, 2.75) is 0 Å². The van der Waals surface area contributed by atoms with Crippen molar-refractivity contribution in [2.24, 2.45) is 5.10 Å². The maximum absolute atomic E-state index is 12.3. The summed E-state index contributed by atoms with van der Waals surface area (Å²) in [5.74, 6) is 0.978. The van der Waals surface area contributed by atoms with Crippen LogP contribution in [0.3, 0.4) is 0 Å². The minimum Gasteiger partial charge on any atom is -0.496 e. The number of fused-ring (bicyclic) bond motifs is 1. The summed E-state index contributed by atoms with van der Waals surface area (Å²) in [5, 5.41) is 6.17. The molecule has 154 valence electrons. The number of benzene rings is 4. The van der Waals surface area contributed by atoms with Crippen molar-refractivity contribution >= 4 is 22.9 Å². The second-order valence-corrected chi connectivity index (χ2v) is 6.85. The zero-order valence-electron chi connectivity index (χ0n) is 17.1. The molecular formula is C26H22N2O3. The number of hydrogen-bond donors (Lipinski definition) is 1. The second kappa shape index (κ2) is 9.59. The molecule has 0 unspecified atom stereocenters. The minimum absolute atomic E-state index is 0.145. The Morgan fingerprint density at radius 1 is 0.871 bits per heavy atom. The van der Waals surface area contributed by atoms with Crippen molar-refractivity contribution < 1.29 is 14.3 Å². The number of para-hydroxylation sites is 1. The highest BCUT2D eigenvalue weighted by Crippen LogP contribution is 2.29. The van der Waals surface area contributed by atoms with Crippen LogP contribution in [-0.2, 0) is 4.79 Å². The molecule has 1 amide bonds. The molecule has 5 heteroatoms. The number of nitrogens with one attached hydrogen (secondary N) is 1. The van der Waals surface area contributed by atoms with Gasteiger partial charge in [0.2, 0.25) is 0 Å². The summed E-state index contributed by atoms with van der Waals surface area (Å²) >= 11 is 0. The van der Waals surface area contributed by atoms with E-state index in [1.807, 2.05) is 91.0 Å². The normalized spacial score (nSPS) is 10.9. The molecule has 0 bridgehead atoms. The van der Waals surface area contributed by atoms with E-state index < -0.39 is 0 Å². The first kappa shape index (κ1) is 20.2. The fourth-order valence-electron chi connectivity index (χ4n) is 3.38. The lowest BCUT2D eigenvalue weighted by molar-refractivity contribution is -0.123. The summed E-state index contributed by atoms with van der Waals surface area (Å²) in [6.07, 6.45) is 1.59. The molecule has 0 radical (unpaired) electrons. The van der Waals surface area contributed by atoms with Gasteiger partial charge in [0.1, 0.15) is 11.5 Å². The zero-order valence-corrected chi connectivity index (χ0v) is 17.1. The van der Waals surface area contributed by atoms with Gasteiger partial charge < -0.3 is 9.47 Å². The summed E-state index contributed by atoms with van der Waals surface area (Å²) in [6, 6.07) is 29.3. The van der Waals surface area contributed by atoms with Crippen molar-refractivity contribution in [3.63, 3.8) is 0 Å². The number of hydrazone groups is 1. The molecule has 0 atom stereocenters. The molecule has 0 saturated carbocycles. The minimum atomic E-state index is -0.349. The Morgan fingerprint density at radius 2 is 1.61 bits per heavy atom. The molecule has 0 fully saturated rings.